The lowest BCUT2D eigenvalue weighted by Crippen LogP contribution is -2.29. The maximum absolute atomic E-state index is 12.6. The zero-order chi connectivity index (χ0) is 33.4. The van der Waals surface area contributed by atoms with E-state index in [-0.39, 0.29) is 0 Å². The van der Waals surface area contributed by atoms with Crippen LogP contribution in [0.2, 0.25) is 10.0 Å². The predicted octanol–water partition coefficient (Wildman–Crippen LogP) is 8.73. The normalized spacial score (nSPS) is 16.6. The molecule has 1 fully saturated rings. The Bertz CT molecular complexity index is 2090. The molecule has 2 heterocycles. The molecule has 0 radical (unpaired) electrons. The third-order valence-corrected chi connectivity index (χ3v) is 10.9. The van der Waals surface area contributed by atoms with Crippen molar-refractivity contribution in [2.24, 2.45) is 5.92 Å². The SMILES string of the molecule is O=S1(=O)NC(O)=CN1c1cccc(-n2cc(-c3ccc(Cl)cc3Cl)nc2Cc2ccc(-c3ccc(C(O)CC4CCCC4)cc3)cc2)c1. The number of anilines is 1. The smallest absolute Gasteiger partial charge is 0.330 e. The van der Waals surface area contributed by atoms with Gasteiger partial charge in [0.25, 0.3) is 0 Å². The van der Waals surface area contributed by atoms with Crippen LogP contribution in [0.4, 0.5) is 5.69 Å². The first-order valence-corrected chi connectivity index (χ1v) is 18.1. The fourth-order valence-corrected chi connectivity index (χ4v) is 8.12. The van der Waals surface area contributed by atoms with Gasteiger partial charge in [-0.25, -0.2) is 14.0 Å². The van der Waals surface area contributed by atoms with E-state index in [1.165, 1.54) is 25.7 Å². The van der Waals surface area contributed by atoms with Gasteiger partial charge in [0.1, 0.15) is 5.82 Å². The zero-order valence-corrected chi connectivity index (χ0v) is 28.3. The van der Waals surface area contributed by atoms with Gasteiger partial charge >= 0.3 is 10.2 Å². The van der Waals surface area contributed by atoms with Crippen molar-refractivity contribution in [3.63, 3.8) is 0 Å². The molecular formula is C37H34Cl2N4O4S. The topological polar surface area (TPSA) is 108 Å². The van der Waals surface area contributed by atoms with Crippen LogP contribution in [0.25, 0.3) is 28.1 Å². The largest absolute Gasteiger partial charge is 0.493 e. The number of nitrogens with one attached hydrogen (secondary N) is 1. The molecule has 0 bridgehead atoms. The molecular weight excluding hydrogens is 667 g/mol. The van der Waals surface area contributed by atoms with Crippen LogP contribution in [0, 0.1) is 5.92 Å². The first-order valence-electron chi connectivity index (χ1n) is 15.9. The lowest BCUT2D eigenvalue weighted by atomic mass is 9.94. The molecule has 4 aromatic carbocycles. The Morgan fingerprint density at radius 1 is 0.896 bits per heavy atom. The van der Waals surface area contributed by atoms with E-state index in [0.29, 0.717) is 50.8 Å². The van der Waals surface area contributed by atoms with Crippen molar-refractivity contribution in [1.82, 2.24) is 14.3 Å². The van der Waals surface area contributed by atoms with Gasteiger partial charge in [-0.2, -0.15) is 8.42 Å². The van der Waals surface area contributed by atoms with Crippen molar-refractivity contribution in [3.05, 3.63) is 136 Å². The van der Waals surface area contributed by atoms with E-state index in [2.05, 4.69) is 41.1 Å². The zero-order valence-electron chi connectivity index (χ0n) is 25.9. The molecule has 7 rings (SSSR count). The lowest BCUT2D eigenvalue weighted by Gasteiger charge is -2.16. The van der Waals surface area contributed by atoms with Gasteiger partial charge in [0.05, 0.1) is 28.7 Å². The van der Waals surface area contributed by atoms with Crippen LogP contribution in [-0.2, 0) is 16.6 Å². The van der Waals surface area contributed by atoms with Crippen LogP contribution in [0.1, 0.15) is 55.2 Å². The minimum absolute atomic E-state index is 0.344. The molecule has 1 aromatic heterocycles. The van der Waals surface area contributed by atoms with Gasteiger partial charge < -0.3 is 14.8 Å². The molecule has 11 heteroatoms. The summed E-state index contributed by atoms with van der Waals surface area (Å²) in [5.41, 5.74) is 6.49. The number of aliphatic hydroxyl groups is 2. The van der Waals surface area contributed by atoms with Gasteiger partial charge in [-0.05, 0) is 71.0 Å². The number of aromatic nitrogens is 2. The third-order valence-electron chi connectivity index (χ3n) is 9.06. The average Bonchev–Trinajstić information content (AvgIpc) is 3.80. The molecule has 8 nitrogen and oxygen atoms in total. The number of hydrogen-bond donors (Lipinski definition) is 3. The molecule has 1 atom stereocenters. The molecule has 0 spiro atoms. The van der Waals surface area contributed by atoms with Gasteiger partial charge in [-0.15, -0.1) is 0 Å². The molecule has 1 aliphatic carbocycles. The van der Waals surface area contributed by atoms with E-state index >= 15 is 0 Å². The monoisotopic (exact) mass is 700 g/mol. The fraction of sp³-hybridized carbons (Fsp3) is 0.216. The van der Waals surface area contributed by atoms with Crippen LogP contribution in [0.15, 0.2) is 109 Å². The summed E-state index contributed by atoms with van der Waals surface area (Å²) in [7, 11) is -3.96. The van der Waals surface area contributed by atoms with E-state index in [1.54, 1.807) is 30.3 Å². The van der Waals surface area contributed by atoms with E-state index in [9.17, 15) is 18.6 Å². The maximum Gasteiger partial charge on any atom is 0.330 e. The van der Waals surface area contributed by atoms with Crippen molar-refractivity contribution in [2.45, 2.75) is 44.6 Å². The first kappa shape index (κ1) is 32.3. The second kappa shape index (κ2) is 13.3. The Morgan fingerprint density at radius 2 is 1.58 bits per heavy atom. The summed E-state index contributed by atoms with van der Waals surface area (Å²) in [5.74, 6) is 0.873. The Labute approximate surface area is 290 Å². The summed E-state index contributed by atoms with van der Waals surface area (Å²) in [6.07, 6.45) is 8.84. The number of aliphatic hydroxyl groups excluding tert-OH is 2. The molecule has 0 amide bonds. The Balaban J connectivity index is 1.17. The molecule has 1 saturated carbocycles. The van der Waals surface area contributed by atoms with Crippen molar-refractivity contribution >= 4 is 39.1 Å². The quantitative estimate of drug-likeness (QED) is 0.143. The van der Waals surface area contributed by atoms with Crippen LogP contribution >= 0.6 is 23.2 Å². The van der Waals surface area contributed by atoms with Crippen LogP contribution in [0.3, 0.4) is 0 Å². The molecule has 246 valence electrons. The van der Waals surface area contributed by atoms with Crippen LogP contribution in [0.5, 0.6) is 0 Å². The highest BCUT2D eigenvalue weighted by Gasteiger charge is 2.29. The van der Waals surface area contributed by atoms with Gasteiger partial charge in [0.2, 0.25) is 5.88 Å². The van der Waals surface area contributed by atoms with E-state index in [0.717, 1.165) is 39.2 Å². The van der Waals surface area contributed by atoms with E-state index < -0.39 is 22.2 Å². The molecule has 48 heavy (non-hydrogen) atoms. The van der Waals surface area contributed by atoms with E-state index in [1.807, 2.05) is 35.0 Å². The second-order valence-electron chi connectivity index (χ2n) is 12.4. The van der Waals surface area contributed by atoms with Crippen LogP contribution in [-0.4, -0.2) is 28.2 Å². The molecule has 1 aliphatic heterocycles. The predicted molar refractivity (Wildman–Crippen MR) is 190 cm³/mol. The van der Waals surface area contributed by atoms with Gasteiger partial charge in [-0.3, -0.25) is 0 Å². The average molecular weight is 702 g/mol. The van der Waals surface area contributed by atoms with Gasteiger partial charge in [-0.1, -0.05) is 103 Å². The number of benzene rings is 4. The summed E-state index contributed by atoms with van der Waals surface area (Å²) < 4.78 is 30.1. The highest BCUT2D eigenvalue weighted by atomic mass is 35.5. The highest BCUT2D eigenvalue weighted by molar-refractivity contribution is 7.91. The maximum atomic E-state index is 12.6. The number of nitrogens with zero attached hydrogens (tertiary/aromatic N) is 3. The highest BCUT2D eigenvalue weighted by Crippen LogP contribution is 2.35. The van der Waals surface area contributed by atoms with Gasteiger partial charge in [0.15, 0.2) is 0 Å². The molecule has 1 unspecified atom stereocenters. The van der Waals surface area contributed by atoms with Crippen molar-refractivity contribution in [2.75, 3.05) is 4.31 Å². The van der Waals surface area contributed by atoms with Crippen molar-refractivity contribution in [3.8, 4) is 28.1 Å². The number of halogens is 2. The summed E-state index contributed by atoms with van der Waals surface area (Å²) in [6.45, 7) is 0. The molecule has 3 N–H and O–H groups in total. The standard InChI is InChI=1S/C37H34Cl2N4O4S/c38-29-16-17-32(33(39)20-29)34-22-42(30-6-3-7-31(21-30)43-23-37(45)41-48(43,46)47)36(40-34)19-25-8-10-26(11-9-25)27-12-14-28(15-13-27)35(44)18-24-4-1-2-5-24/h3,6-17,20-24,35,41,44-45H,1-2,4-5,18-19H2. The molecule has 5 aromatic rings. The summed E-state index contributed by atoms with van der Waals surface area (Å²) in [4.78, 5) is 4.97. The second-order valence-corrected chi connectivity index (χ2v) is 14.8. The van der Waals surface area contributed by atoms with Gasteiger partial charge in [0, 0.05) is 28.9 Å². The van der Waals surface area contributed by atoms with E-state index in [4.69, 9.17) is 28.2 Å². The minimum atomic E-state index is -3.96. The minimum Gasteiger partial charge on any atom is -0.493 e. The number of hydrogen-bond acceptors (Lipinski definition) is 5. The van der Waals surface area contributed by atoms with Crippen molar-refractivity contribution < 1.29 is 18.6 Å². The molecule has 2 aliphatic rings. The Kier molecular flexibility index (Phi) is 8.96. The third kappa shape index (κ3) is 6.82. The van der Waals surface area contributed by atoms with Crippen LogP contribution < -0.4 is 9.03 Å². The number of imidazole rings is 1. The first-order chi connectivity index (χ1) is 23.1. The molecule has 0 saturated heterocycles. The summed E-state index contributed by atoms with van der Waals surface area (Å²) in [5, 5.41) is 21.6. The number of rotatable bonds is 9. The fourth-order valence-electron chi connectivity index (χ4n) is 6.57. The Hall–Kier alpha value is -4.28. The summed E-state index contributed by atoms with van der Waals surface area (Å²) in [6, 6.07) is 28.7. The van der Waals surface area contributed by atoms with Crippen molar-refractivity contribution in [1.29, 1.82) is 0 Å². The lowest BCUT2D eigenvalue weighted by molar-refractivity contribution is 0.145. The summed E-state index contributed by atoms with van der Waals surface area (Å²) >= 11 is 12.7. The Morgan fingerprint density at radius 3 is 2.25 bits per heavy atom.